The lowest BCUT2D eigenvalue weighted by Crippen LogP contribution is -2.47. The van der Waals surface area contributed by atoms with Crippen LogP contribution >= 0.6 is 0 Å². The van der Waals surface area contributed by atoms with Gasteiger partial charge in [0.15, 0.2) is 17.1 Å². The van der Waals surface area contributed by atoms with Crippen molar-refractivity contribution in [3.63, 3.8) is 0 Å². The summed E-state index contributed by atoms with van der Waals surface area (Å²) in [6, 6.07) is 3.96. The fraction of sp³-hybridized carbons (Fsp3) is 0.355. The van der Waals surface area contributed by atoms with Crippen LogP contribution in [-0.4, -0.2) is 64.1 Å². The second-order valence-electron chi connectivity index (χ2n) is 11.8. The molecule has 0 spiro atoms. The zero-order valence-electron chi connectivity index (χ0n) is 28.2. The number of nitrogens with one attached hydrogen (secondary N) is 3. The van der Waals surface area contributed by atoms with Crippen molar-refractivity contribution in [2.24, 2.45) is 0 Å². The first kappa shape index (κ1) is 37.0. The number of aryl methyl sites for hydroxylation is 4. The number of aromatic nitrogens is 8. The van der Waals surface area contributed by atoms with Gasteiger partial charge in [-0.25, -0.2) is 24.7 Å². The summed E-state index contributed by atoms with van der Waals surface area (Å²) in [4.78, 5) is 44.3. The van der Waals surface area contributed by atoms with Crippen LogP contribution in [0.4, 0.5) is 18.0 Å². The number of aliphatic carboxylic acids is 1. The van der Waals surface area contributed by atoms with Gasteiger partial charge in [0, 0.05) is 34.6 Å². The predicted octanol–water partition coefficient (Wildman–Crippen LogP) is 3.52. The smallest absolute Gasteiger partial charge is 0.430 e. The molecule has 50 heavy (non-hydrogen) atoms. The van der Waals surface area contributed by atoms with Crippen molar-refractivity contribution in [1.82, 2.24) is 45.5 Å². The third kappa shape index (κ3) is 9.19. The highest BCUT2D eigenvalue weighted by atomic mass is 19.4. The molecule has 0 atom stereocenters. The molecular formula is C31H35F3N10O6. The summed E-state index contributed by atoms with van der Waals surface area (Å²) in [5.74, 6) is -0.0271. The van der Waals surface area contributed by atoms with Crippen molar-refractivity contribution in [2.45, 2.75) is 73.3 Å². The molecule has 16 nitrogen and oxygen atoms in total. The monoisotopic (exact) mass is 700 g/mol. The third-order valence-corrected chi connectivity index (χ3v) is 6.68. The van der Waals surface area contributed by atoms with E-state index in [0.717, 1.165) is 62.0 Å². The number of carbonyl (C=O) groups is 2. The van der Waals surface area contributed by atoms with E-state index >= 15 is 0 Å². The van der Waals surface area contributed by atoms with Crippen molar-refractivity contribution in [2.75, 3.05) is 0 Å². The molecule has 6 N–H and O–H groups in total. The van der Waals surface area contributed by atoms with E-state index < -0.39 is 23.8 Å². The normalized spacial score (nSPS) is 11.5. The molecule has 0 aliphatic carbocycles. The standard InChI is InChI=1S/C17H21N5O3.C12H13N5O.C2HF3O2/c1-9-14(10(2)25-22-9)11-6-12-15(18-7-11)21-13(20-12)8-19-16(23)24-17(3,4)5;1-6-11(7(2)18-17-6)8-3-9-12(14-5-8)16-10(4-13)15-9;3-2(4,5)1(6)7/h6-7H,8H2,1-5H3,(H,19,23)(H,18,20,21);3,5H,4,13H2,1-2H3,(H,14,15,16);(H,6,7). The van der Waals surface area contributed by atoms with E-state index in [4.69, 9.17) is 23.7 Å². The summed E-state index contributed by atoms with van der Waals surface area (Å²) in [5, 5.41) is 19.4. The molecule has 6 heterocycles. The summed E-state index contributed by atoms with van der Waals surface area (Å²) >= 11 is 0. The molecule has 0 bridgehead atoms. The number of quaternary nitrogens is 1. The van der Waals surface area contributed by atoms with Crippen molar-refractivity contribution in [3.8, 4) is 22.3 Å². The number of carboxylic acid groups (broad SMARTS) is 1. The highest BCUT2D eigenvalue weighted by Gasteiger charge is 2.29. The number of aromatic amines is 2. The molecule has 6 aromatic rings. The van der Waals surface area contributed by atoms with E-state index in [9.17, 15) is 18.0 Å². The molecule has 266 valence electrons. The molecule has 1 amide bonds. The summed E-state index contributed by atoms with van der Waals surface area (Å²) in [6.45, 7) is 13.9. The Hall–Kier alpha value is -5.85. The van der Waals surface area contributed by atoms with Crippen molar-refractivity contribution in [1.29, 1.82) is 0 Å². The van der Waals surface area contributed by atoms with E-state index in [1.165, 1.54) is 0 Å². The Balaban J connectivity index is 0.000000196. The van der Waals surface area contributed by atoms with Gasteiger partial charge in [-0.15, -0.1) is 0 Å². The molecule has 0 aliphatic heterocycles. The molecular weight excluding hydrogens is 665 g/mol. The van der Waals surface area contributed by atoms with Crippen LogP contribution in [0, 0.1) is 27.7 Å². The Morgan fingerprint density at radius 1 is 0.860 bits per heavy atom. The lowest BCUT2D eigenvalue weighted by atomic mass is 10.1. The van der Waals surface area contributed by atoms with Crippen LogP contribution in [0.25, 0.3) is 44.6 Å². The maximum absolute atomic E-state index is 11.7. The van der Waals surface area contributed by atoms with Crippen LogP contribution in [0.3, 0.4) is 0 Å². The Morgan fingerprint density at radius 2 is 1.30 bits per heavy atom. The van der Waals surface area contributed by atoms with Gasteiger partial charge in [-0.05, 0) is 60.6 Å². The van der Waals surface area contributed by atoms with Crippen LogP contribution in [0.15, 0.2) is 33.6 Å². The topological polar surface area (TPSA) is 241 Å². The fourth-order valence-corrected chi connectivity index (χ4v) is 4.64. The average molecular weight is 701 g/mol. The van der Waals surface area contributed by atoms with E-state index in [1.807, 2.05) is 60.6 Å². The van der Waals surface area contributed by atoms with Gasteiger partial charge in [0.1, 0.15) is 35.5 Å². The first-order valence-electron chi connectivity index (χ1n) is 15.0. The number of ether oxygens (including phenoxy) is 1. The Kier molecular flexibility index (Phi) is 10.9. The number of imidazole rings is 2. The molecule has 0 aliphatic rings. The maximum atomic E-state index is 11.7. The number of rotatable bonds is 5. The van der Waals surface area contributed by atoms with Gasteiger partial charge >= 0.3 is 12.3 Å². The molecule has 0 unspecified atom stereocenters. The van der Waals surface area contributed by atoms with E-state index in [-0.39, 0.29) is 6.54 Å². The number of halogens is 3. The number of amides is 1. The SMILES string of the molecule is Cc1noc(C)c1-c1cnc2nc(CNC(=O)OC(C)(C)C)[nH]c2c1.Cc1noc(C)c1-c1cnc2nc(C[NH3+])[nH]c2c1.O=C([O-])C(F)(F)F. The van der Waals surface area contributed by atoms with Gasteiger partial charge in [-0.2, -0.15) is 13.2 Å². The summed E-state index contributed by atoms with van der Waals surface area (Å²) in [6.07, 6.45) is -2.15. The number of alkyl carbamates (subject to hydrolysis) is 1. The number of hydrogen-bond donors (Lipinski definition) is 4. The first-order chi connectivity index (χ1) is 23.4. The molecule has 0 radical (unpaired) electrons. The Labute approximate surface area is 282 Å². The van der Waals surface area contributed by atoms with Crippen LogP contribution < -0.4 is 16.2 Å². The van der Waals surface area contributed by atoms with Gasteiger partial charge in [0.2, 0.25) is 0 Å². The number of hydrogen-bond acceptors (Lipinski definition) is 12. The number of nitrogens with zero attached hydrogens (tertiary/aromatic N) is 6. The summed E-state index contributed by atoms with van der Waals surface area (Å²) in [7, 11) is 0. The molecule has 0 fully saturated rings. The van der Waals surface area contributed by atoms with Crippen molar-refractivity contribution in [3.05, 3.63) is 59.1 Å². The van der Waals surface area contributed by atoms with Gasteiger partial charge in [0.25, 0.3) is 0 Å². The number of carbonyl (C=O) groups excluding carboxylic acids is 2. The number of alkyl halides is 3. The molecule has 6 rings (SSSR count). The van der Waals surface area contributed by atoms with E-state index in [2.05, 4.69) is 51.3 Å². The van der Waals surface area contributed by atoms with Gasteiger partial charge < -0.3 is 44.7 Å². The van der Waals surface area contributed by atoms with Gasteiger partial charge in [-0.3, -0.25) is 0 Å². The minimum Gasteiger partial charge on any atom is -0.542 e. The molecule has 0 aromatic carbocycles. The molecule has 0 saturated carbocycles. The molecule has 0 saturated heterocycles. The van der Waals surface area contributed by atoms with Crippen LogP contribution in [-0.2, 0) is 22.6 Å². The Bertz CT molecular complexity index is 2090. The zero-order valence-corrected chi connectivity index (χ0v) is 28.2. The second-order valence-corrected chi connectivity index (χ2v) is 11.8. The van der Waals surface area contributed by atoms with Crippen LogP contribution in [0.1, 0.15) is 55.3 Å². The lowest BCUT2D eigenvalue weighted by Gasteiger charge is -2.19. The lowest BCUT2D eigenvalue weighted by molar-refractivity contribution is -0.388. The van der Waals surface area contributed by atoms with Crippen LogP contribution in [0.2, 0.25) is 0 Å². The number of carboxylic acids is 1. The number of fused-ring (bicyclic) bond motifs is 2. The van der Waals surface area contributed by atoms with Crippen molar-refractivity contribution < 1.29 is 47.4 Å². The van der Waals surface area contributed by atoms with E-state index in [1.54, 1.807) is 12.4 Å². The van der Waals surface area contributed by atoms with E-state index in [0.29, 0.717) is 23.7 Å². The fourth-order valence-electron chi connectivity index (χ4n) is 4.64. The quantitative estimate of drug-likeness (QED) is 0.202. The summed E-state index contributed by atoms with van der Waals surface area (Å²) < 4.78 is 47.1. The predicted molar refractivity (Wildman–Crippen MR) is 168 cm³/mol. The molecule has 19 heteroatoms. The number of H-pyrrole nitrogens is 2. The number of pyridine rings is 2. The van der Waals surface area contributed by atoms with Gasteiger partial charge in [-0.1, -0.05) is 10.3 Å². The third-order valence-electron chi connectivity index (χ3n) is 6.68. The second kappa shape index (κ2) is 14.7. The largest absolute Gasteiger partial charge is 0.542 e. The Morgan fingerprint density at radius 3 is 1.68 bits per heavy atom. The maximum Gasteiger partial charge on any atom is 0.430 e. The average Bonchev–Trinajstić information content (AvgIpc) is 3.79. The summed E-state index contributed by atoms with van der Waals surface area (Å²) in [5.41, 5.74) is 11.7. The van der Waals surface area contributed by atoms with Crippen LogP contribution in [0.5, 0.6) is 0 Å². The van der Waals surface area contributed by atoms with Gasteiger partial charge in [0.05, 0.1) is 29.0 Å². The zero-order chi connectivity index (χ0) is 37.0. The highest BCUT2D eigenvalue weighted by Crippen LogP contribution is 2.29. The first-order valence-corrected chi connectivity index (χ1v) is 15.0. The molecule has 6 aromatic heterocycles. The highest BCUT2D eigenvalue weighted by molar-refractivity contribution is 5.80. The minimum atomic E-state index is -5.19. The minimum absolute atomic E-state index is 0.228. The van der Waals surface area contributed by atoms with Crippen molar-refractivity contribution >= 4 is 34.4 Å².